The van der Waals surface area contributed by atoms with E-state index in [0.29, 0.717) is 13.1 Å². The van der Waals surface area contributed by atoms with Gasteiger partial charge in [-0.3, -0.25) is 4.79 Å². The van der Waals surface area contributed by atoms with Gasteiger partial charge in [-0.1, -0.05) is 15.9 Å². The highest BCUT2D eigenvalue weighted by Gasteiger charge is 2.13. The van der Waals surface area contributed by atoms with Crippen LogP contribution < -0.4 is 11.1 Å². The van der Waals surface area contributed by atoms with Crippen LogP contribution in [-0.4, -0.2) is 37.5 Å². The SMILES string of the molecule is COC(=O)C(Br)CNCCCN. The molecular formula is C7H15BrN2O2. The molecule has 0 fully saturated rings. The molecule has 5 heteroatoms. The van der Waals surface area contributed by atoms with E-state index in [0.717, 1.165) is 13.0 Å². The van der Waals surface area contributed by atoms with E-state index in [1.54, 1.807) is 0 Å². The molecule has 4 nitrogen and oxygen atoms in total. The van der Waals surface area contributed by atoms with Crippen LogP contribution in [-0.2, 0) is 9.53 Å². The largest absolute Gasteiger partial charge is 0.468 e. The lowest BCUT2D eigenvalue weighted by atomic mass is 10.4. The van der Waals surface area contributed by atoms with Gasteiger partial charge in [-0.2, -0.15) is 0 Å². The first-order valence-electron chi connectivity index (χ1n) is 3.85. The average Bonchev–Trinajstić information content (AvgIpc) is 2.10. The fraction of sp³-hybridized carbons (Fsp3) is 0.857. The highest BCUT2D eigenvalue weighted by molar-refractivity contribution is 9.10. The number of nitrogens with one attached hydrogen (secondary N) is 1. The molecule has 0 aliphatic heterocycles. The standard InChI is InChI=1S/C7H15BrN2O2/c1-12-7(11)6(8)5-10-4-2-3-9/h6,10H,2-5,9H2,1H3. The molecule has 0 aliphatic carbocycles. The molecule has 0 radical (unpaired) electrons. The van der Waals surface area contributed by atoms with Gasteiger partial charge in [0.2, 0.25) is 0 Å². The lowest BCUT2D eigenvalue weighted by Crippen LogP contribution is -2.30. The molecule has 0 aromatic carbocycles. The molecule has 0 rings (SSSR count). The van der Waals surface area contributed by atoms with Crippen molar-refractivity contribution >= 4 is 21.9 Å². The Bertz CT molecular complexity index is 133. The number of carbonyl (C=O) groups excluding carboxylic acids is 1. The van der Waals surface area contributed by atoms with Crippen LogP contribution in [0.3, 0.4) is 0 Å². The first kappa shape index (κ1) is 11.9. The molecule has 0 saturated heterocycles. The maximum atomic E-state index is 10.8. The fourth-order valence-electron chi connectivity index (χ4n) is 0.667. The minimum Gasteiger partial charge on any atom is -0.468 e. The fourth-order valence-corrected chi connectivity index (χ4v) is 1.08. The van der Waals surface area contributed by atoms with Crippen LogP contribution in [0.15, 0.2) is 0 Å². The lowest BCUT2D eigenvalue weighted by molar-refractivity contribution is -0.139. The molecule has 0 saturated carbocycles. The van der Waals surface area contributed by atoms with E-state index in [1.165, 1.54) is 7.11 Å². The molecule has 0 aromatic heterocycles. The van der Waals surface area contributed by atoms with Gasteiger partial charge in [0.15, 0.2) is 0 Å². The zero-order valence-corrected chi connectivity index (χ0v) is 8.76. The Balaban J connectivity index is 3.31. The number of ether oxygens (including phenoxy) is 1. The summed E-state index contributed by atoms with van der Waals surface area (Å²) in [6, 6.07) is 0. The van der Waals surface area contributed by atoms with Gasteiger partial charge in [-0.15, -0.1) is 0 Å². The summed E-state index contributed by atoms with van der Waals surface area (Å²) in [6.45, 7) is 2.07. The Morgan fingerprint density at radius 2 is 2.42 bits per heavy atom. The summed E-state index contributed by atoms with van der Waals surface area (Å²) in [5.41, 5.74) is 5.29. The van der Waals surface area contributed by atoms with Gasteiger partial charge in [0.1, 0.15) is 4.83 Å². The van der Waals surface area contributed by atoms with Crippen LogP contribution in [0.5, 0.6) is 0 Å². The number of alkyl halides is 1. The predicted molar refractivity (Wildman–Crippen MR) is 51.3 cm³/mol. The molecule has 0 heterocycles. The van der Waals surface area contributed by atoms with Crippen molar-refractivity contribution in [1.29, 1.82) is 0 Å². The highest BCUT2D eigenvalue weighted by atomic mass is 79.9. The zero-order chi connectivity index (χ0) is 9.40. The second kappa shape index (κ2) is 7.52. The number of nitrogens with two attached hydrogens (primary N) is 1. The van der Waals surface area contributed by atoms with Crippen molar-refractivity contribution in [2.75, 3.05) is 26.7 Å². The number of methoxy groups -OCH3 is 1. The number of carbonyl (C=O) groups is 1. The first-order chi connectivity index (χ1) is 5.72. The van der Waals surface area contributed by atoms with E-state index >= 15 is 0 Å². The predicted octanol–water partition coefficient (Wildman–Crippen LogP) is -0.139. The second-order valence-corrected chi connectivity index (χ2v) is 3.44. The third-order valence-electron chi connectivity index (χ3n) is 1.34. The molecule has 0 aromatic rings. The zero-order valence-electron chi connectivity index (χ0n) is 7.18. The van der Waals surface area contributed by atoms with Crippen molar-refractivity contribution < 1.29 is 9.53 Å². The first-order valence-corrected chi connectivity index (χ1v) is 4.76. The van der Waals surface area contributed by atoms with E-state index in [4.69, 9.17) is 5.73 Å². The third kappa shape index (κ3) is 5.51. The monoisotopic (exact) mass is 238 g/mol. The van der Waals surface area contributed by atoms with Gasteiger partial charge in [0, 0.05) is 6.54 Å². The number of halogens is 1. The van der Waals surface area contributed by atoms with Crippen LogP contribution in [0.25, 0.3) is 0 Å². The van der Waals surface area contributed by atoms with Crippen molar-refractivity contribution in [3.05, 3.63) is 0 Å². The second-order valence-electron chi connectivity index (χ2n) is 2.34. The molecule has 72 valence electrons. The molecule has 12 heavy (non-hydrogen) atoms. The quantitative estimate of drug-likeness (QED) is 0.384. The van der Waals surface area contributed by atoms with E-state index in [1.807, 2.05) is 0 Å². The molecular weight excluding hydrogens is 224 g/mol. The maximum absolute atomic E-state index is 10.8. The number of rotatable bonds is 6. The maximum Gasteiger partial charge on any atom is 0.320 e. The van der Waals surface area contributed by atoms with Gasteiger partial charge in [0.05, 0.1) is 7.11 Å². The normalized spacial score (nSPS) is 12.6. The topological polar surface area (TPSA) is 64.3 Å². The van der Waals surface area contributed by atoms with Gasteiger partial charge in [-0.05, 0) is 19.5 Å². The van der Waals surface area contributed by atoms with Crippen LogP contribution in [0.4, 0.5) is 0 Å². The van der Waals surface area contributed by atoms with E-state index in [2.05, 4.69) is 26.0 Å². The van der Waals surface area contributed by atoms with E-state index < -0.39 is 0 Å². The van der Waals surface area contributed by atoms with Crippen molar-refractivity contribution in [3.63, 3.8) is 0 Å². The Morgan fingerprint density at radius 1 is 1.75 bits per heavy atom. The van der Waals surface area contributed by atoms with E-state index in [-0.39, 0.29) is 10.8 Å². The van der Waals surface area contributed by atoms with Crippen molar-refractivity contribution in [2.24, 2.45) is 5.73 Å². The summed E-state index contributed by atoms with van der Waals surface area (Å²) in [4.78, 5) is 10.6. The molecule has 1 atom stereocenters. The smallest absolute Gasteiger partial charge is 0.320 e. The van der Waals surface area contributed by atoms with Gasteiger partial charge < -0.3 is 15.8 Å². The molecule has 1 unspecified atom stereocenters. The summed E-state index contributed by atoms with van der Waals surface area (Å²) in [6.07, 6.45) is 0.918. The Hall–Kier alpha value is -0.130. The summed E-state index contributed by atoms with van der Waals surface area (Å²) in [7, 11) is 1.37. The van der Waals surface area contributed by atoms with Gasteiger partial charge in [-0.25, -0.2) is 0 Å². The summed E-state index contributed by atoms with van der Waals surface area (Å²) in [5.74, 6) is -0.254. The molecule has 3 N–H and O–H groups in total. The van der Waals surface area contributed by atoms with Crippen LogP contribution in [0.2, 0.25) is 0 Å². The van der Waals surface area contributed by atoms with Crippen molar-refractivity contribution in [1.82, 2.24) is 5.32 Å². The van der Waals surface area contributed by atoms with Gasteiger partial charge in [0.25, 0.3) is 0 Å². The minimum absolute atomic E-state index is 0.254. The molecule has 0 aliphatic rings. The number of hydrogen-bond acceptors (Lipinski definition) is 4. The lowest BCUT2D eigenvalue weighted by Gasteiger charge is -2.07. The third-order valence-corrected chi connectivity index (χ3v) is 2.04. The van der Waals surface area contributed by atoms with Gasteiger partial charge >= 0.3 is 5.97 Å². The number of esters is 1. The van der Waals surface area contributed by atoms with Crippen LogP contribution >= 0.6 is 15.9 Å². The minimum atomic E-state index is -0.264. The number of hydrogen-bond donors (Lipinski definition) is 2. The Morgan fingerprint density at radius 3 is 2.92 bits per heavy atom. The van der Waals surface area contributed by atoms with Crippen molar-refractivity contribution in [3.8, 4) is 0 Å². The van der Waals surface area contributed by atoms with Crippen molar-refractivity contribution in [2.45, 2.75) is 11.2 Å². The summed E-state index contributed by atoms with van der Waals surface area (Å²) < 4.78 is 4.52. The van der Waals surface area contributed by atoms with Crippen LogP contribution in [0, 0.1) is 0 Å². The molecule has 0 bridgehead atoms. The Labute approximate surface area is 81.0 Å². The van der Waals surface area contributed by atoms with Crippen LogP contribution in [0.1, 0.15) is 6.42 Å². The molecule has 0 amide bonds. The molecule has 0 spiro atoms. The Kier molecular flexibility index (Phi) is 7.43. The highest BCUT2D eigenvalue weighted by Crippen LogP contribution is 1.99. The summed E-state index contributed by atoms with van der Waals surface area (Å²) in [5, 5.41) is 3.07. The summed E-state index contributed by atoms with van der Waals surface area (Å²) >= 11 is 3.19. The average molecular weight is 239 g/mol. The van der Waals surface area contributed by atoms with E-state index in [9.17, 15) is 4.79 Å².